The standard InChI is InChI=1S/C21H17FN4O3/c1-28-20-15(21(27)24-12-14-3-2-10-29-14)6-8-17-19(20)16(25-26-17)7-4-13-5-9-18(22)23-11-13/h2-11H,12H2,1H3,(H,24,27)(H,25,26). The number of hydrogen-bond donors (Lipinski definition) is 2. The summed E-state index contributed by atoms with van der Waals surface area (Å²) in [5.74, 6) is 0.224. The summed E-state index contributed by atoms with van der Waals surface area (Å²) in [6.07, 6.45) is 6.48. The highest BCUT2D eigenvalue weighted by molar-refractivity contribution is 6.05. The van der Waals surface area contributed by atoms with Gasteiger partial charge < -0.3 is 14.5 Å². The molecule has 3 aromatic heterocycles. The van der Waals surface area contributed by atoms with Gasteiger partial charge in [-0.1, -0.05) is 6.08 Å². The molecule has 0 aliphatic carbocycles. The summed E-state index contributed by atoms with van der Waals surface area (Å²) in [7, 11) is 1.50. The maximum absolute atomic E-state index is 13.0. The Balaban J connectivity index is 1.65. The molecule has 2 N–H and O–H groups in total. The first-order valence-electron chi connectivity index (χ1n) is 8.81. The first-order chi connectivity index (χ1) is 14.2. The Hall–Kier alpha value is -3.94. The number of carbonyl (C=O) groups is 1. The monoisotopic (exact) mass is 392 g/mol. The Morgan fingerprint density at radius 2 is 2.17 bits per heavy atom. The number of ether oxygens (including phenoxy) is 1. The van der Waals surface area contributed by atoms with Gasteiger partial charge >= 0.3 is 0 Å². The molecule has 0 fully saturated rings. The molecular formula is C21H17FN4O3. The van der Waals surface area contributed by atoms with Gasteiger partial charge in [-0.15, -0.1) is 0 Å². The minimum Gasteiger partial charge on any atom is -0.495 e. The fourth-order valence-corrected chi connectivity index (χ4v) is 2.95. The number of H-pyrrole nitrogens is 1. The highest BCUT2D eigenvalue weighted by Crippen LogP contribution is 2.32. The number of pyridine rings is 1. The highest BCUT2D eigenvalue weighted by Gasteiger charge is 2.19. The third-order valence-electron chi connectivity index (χ3n) is 4.35. The van der Waals surface area contributed by atoms with E-state index in [0.717, 1.165) is 5.52 Å². The maximum Gasteiger partial charge on any atom is 0.255 e. The normalized spacial score (nSPS) is 11.2. The van der Waals surface area contributed by atoms with Gasteiger partial charge in [0.1, 0.15) is 11.5 Å². The quantitative estimate of drug-likeness (QED) is 0.487. The lowest BCUT2D eigenvalue weighted by Crippen LogP contribution is -2.23. The second kappa shape index (κ2) is 7.97. The Morgan fingerprint density at radius 1 is 1.28 bits per heavy atom. The van der Waals surface area contributed by atoms with Gasteiger partial charge in [0.05, 0.1) is 42.1 Å². The second-order valence-corrected chi connectivity index (χ2v) is 6.19. The van der Waals surface area contributed by atoms with E-state index in [1.165, 1.54) is 19.4 Å². The maximum atomic E-state index is 13.0. The van der Waals surface area contributed by atoms with Gasteiger partial charge in [-0.05, 0) is 48.0 Å². The first-order valence-corrected chi connectivity index (χ1v) is 8.81. The summed E-state index contributed by atoms with van der Waals surface area (Å²) in [4.78, 5) is 16.3. The average molecular weight is 392 g/mol. The number of rotatable bonds is 6. The van der Waals surface area contributed by atoms with Crippen LogP contribution in [-0.2, 0) is 6.54 Å². The topological polar surface area (TPSA) is 93.0 Å². The predicted octanol–water partition coefficient (Wildman–Crippen LogP) is 3.80. The largest absolute Gasteiger partial charge is 0.495 e. The summed E-state index contributed by atoms with van der Waals surface area (Å²) in [5, 5.41) is 10.7. The van der Waals surface area contributed by atoms with Gasteiger partial charge in [0.15, 0.2) is 0 Å². The van der Waals surface area contributed by atoms with Crippen molar-refractivity contribution < 1.29 is 18.3 Å². The van der Waals surface area contributed by atoms with Gasteiger partial charge in [-0.2, -0.15) is 9.49 Å². The molecule has 7 nitrogen and oxygen atoms in total. The Bertz CT molecular complexity index is 1160. The van der Waals surface area contributed by atoms with Crippen LogP contribution >= 0.6 is 0 Å². The van der Waals surface area contributed by atoms with Gasteiger partial charge in [0.25, 0.3) is 5.91 Å². The third-order valence-corrected chi connectivity index (χ3v) is 4.35. The van der Waals surface area contributed by atoms with E-state index in [0.29, 0.717) is 33.7 Å². The molecule has 8 heteroatoms. The number of carbonyl (C=O) groups excluding carboxylic acids is 1. The molecule has 1 aromatic carbocycles. The molecule has 4 rings (SSSR count). The van der Waals surface area contributed by atoms with Crippen LogP contribution in [0.25, 0.3) is 23.1 Å². The van der Waals surface area contributed by atoms with Gasteiger partial charge in [-0.25, -0.2) is 4.98 Å². The Labute approximate surface area is 165 Å². The van der Waals surface area contributed by atoms with E-state index < -0.39 is 5.95 Å². The van der Waals surface area contributed by atoms with Crippen LogP contribution in [0.2, 0.25) is 0 Å². The lowest BCUT2D eigenvalue weighted by Gasteiger charge is -2.10. The predicted molar refractivity (Wildman–Crippen MR) is 106 cm³/mol. The SMILES string of the molecule is COc1c(C(=O)NCc2ccco2)ccc2[nH]nc(C=Cc3ccc(F)nc3)c12. The van der Waals surface area contributed by atoms with Crippen LogP contribution in [0.15, 0.2) is 53.3 Å². The molecule has 0 bridgehead atoms. The zero-order chi connectivity index (χ0) is 20.2. The zero-order valence-electron chi connectivity index (χ0n) is 15.5. The molecule has 0 saturated heterocycles. The molecule has 0 saturated carbocycles. The number of nitrogens with one attached hydrogen (secondary N) is 2. The molecule has 0 spiro atoms. The van der Waals surface area contributed by atoms with Crippen molar-refractivity contribution in [2.45, 2.75) is 6.54 Å². The summed E-state index contributed by atoms with van der Waals surface area (Å²) >= 11 is 0. The van der Waals surface area contributed by atoms with Crippen LogP contribution in [-0.4, -0.2) is 28.2 Å². The van der Waals surface area contributed by atoms with E-state index in [2.05, 4.69) is 20.5 Å². The van der Waals surface area contributed by atoms with E-state index in [-0.39, 0.29) is 12.5 Å². The number of hydrogen-bond acceptors (Lipinski definition) is 5. The smallest absolute Gasteiger partial charge is 0.255 e. The summed E-state index contributed by atoms with van der Waals surface area (Å²) < 4.78 is 23.7. The fraction of sp³-hybridized carbons (Fsp3) is 0.0952. The molecule has 0 atom stereocenters. The molecule has 3 heterocycles. The van der Waals surface area contributed by atoms with Crippen LogP contribution in [0.3, 0.4) is 0 Å². The van der Waals surface area contributed by atoms with Gasteiger partial charge in [0, 0.05) is 6.20 Å². The van der Waals surface area contributed by atoms with Crippen molar-refractivity contribution in [2.24, 2.45) is 0 Å². The van der Waals surface area contributed by atoms with Gasteiger partial charge in [0.2, 0.25) is 5.95 Å². The number of furan rings is 1. The lowest BCUT2D eigenvalue weighted by molar-refractivity contribution is 0.0945. The van der Waals surface area contributed by atoms with Crippen LogP contribution in [0.4, 0.5) is 4.39 Å². The Morgan fingerprint density at radius 3 is 2.90 bits per heavy atom. The van der Waals surface area contributed by atoms with Crippen molar-refractivity contribution in [1.82, 2.24) is 20.5 Å². The van der Waals surface area contributed by atoms with Crippen LogP contribution in [0.5, 0.6) is 5.75 Å². The summed E-state index contributed by atoms with van der Waals surface area (Å²) in [6.45, 7) is 0.267. The van der Waals surface area contributed by atoms with Gasteiger partial charge in [-0.3, -0.25) is 9.89 Å². The molecule has 4 aromatic rings. The molecule has 0 aliphatic rings. The van der Waals surface area contributed by atoms with E-state index in [9.17, 15) is 9.18 Å². The van der Waals surface area contributed by atoms with E-state index in [4.69, 9.17) is 9.15 Å². The van der Waals surface area contributed by atoms with Crippen molar-refractivity contribution in [2.75, 3.05) is 7.11 Å². The molecule has 29 heavy (non-hydrogen) atoms. The molecular weight excluding hydrogens is 375 g/mol. The summed E-state index contributed by atoms with van der Waals surface area (Å²) in [6, 6.07) is 9.87. The summed E-state index contributed by atoms with van der Waals surface area (Å²) in [5.41, 5.74) is 2.41. The minimum absolute atomic E-state index is 0.267. The number of aromatic nitrogens is 3. The number of aromatic amines is 1. The fourth-order valence-electron chi connectivity index (χ4n) is 2.95. The number of amides is 1. The zero-order valence-corrected chi connectivity index (χ0v) is 15.5. The average Bonchev–Trinajstić information content (AvgIpc) is 3.40. The minimum atomic E-state index is -0.542. The molecule has 0 aliphatic heterocycles. The number of nitrogens with zero attached hydrogens (tertiary/aromatic N) is 2. The first kappa shape index (κ1) is 18.4. The number of methoxy groups -OCH3 is 1. The van der Waals surface area contributed by atoms with Crippen LogP contribution in [0, 0.1) is 5.95 Å². The van der Waals surface area contributed by atoms with Crippen LogP contribution in [0.1, 0.15) is 27.4 Å². The molecule has 1 amide bonds. The molecule has 0 unspecified atom stereocenters. The highest BCUT2D eigenvalue weighted by atomic mass is 19.1. The van der Waals surface area contributed by atoms with Crippen molar-refractivity contribution >= 4 is 29.0 Å². The van der Waals surface area contributed by atoms with E-state index >= 15 is 0 Å². The second-order valence-electron chi connectivity index (χ2n) is 6.19. The van der Waals surface area contributed by atoms with E-state index in [1.54, 1.807) is 48.7 Å². The Kier molecular flexibility index (Phi) is 5.07. The number of halogens is 1. The van der Waals surface area contributed by atoms with Crippen LogP contribution < -0.4 is 10.1 Å². The van der Waals surface area contributed by atoms with Crippen molar-refractivity contribution in [3.05, 3.63) is 77.4 Å². The third kappa shape index (κ3) is 3.86. The van der Waals surface area contributed by atoms with E-state index in [1.807, 2.05) is 0 Å². The lowest BCUT2D eigenvalue weighted by atomic mass is 10.1. The van der Waals surface area contributed by atoms with Crippen molar-refractivity contribution in [3.8, 4) is 5.75 Å². The number of fused-ring (bicyclic) bond motifs is 1. The van der Waals surface area contributed by atoms with Crippen molar-refractivity contribution in [1.29, 1.82) is 0 Å². The molecule has 146 valence electrons. The molecule has 0 radical (unpaired) electrons. The van der Waals surface area contributed by atoms with Crippen molar-refractivity contribution in [3.63, 3.8) is 0 Å². The number of benzene rings is 1.